The molecular formula is C8H8F3NO. The summed E-state index contributed by atoms with van der Waals surface area (Å²) in [7, 11) is 0. The first-order chi connectivity index (χ1) is 5.93. The summed E-state index contributed by atoms with van der Waals surface area (Å²) in [5.74, 6) is 0. The average Bonchev–Trinajstić information content (AvgIpc) is 2.03. The average molecular weight is 191 g/mol. The molecule has 0 saturated heterocycles. The van der Waals surface area contributed by atoms with Crippen LogP contribution in [0.2, 0.25) is 0 Å². The Balaban J connectivity index is 3.20. The molecule has 0 aromatic carbocycles. The van der Waals surface area contributed by atoms with E-state index in [9.17, 15) is 13.2 Å². The van der Waals surface area contributed by atoms with Crippen molar-refractivity contribution in [2.75, 3.05) is 0 Å². The first-order valence-electron chi connectivity index (χ1n) is 3.63. The van der Waals surface area contributed by atoms with E-state index in [0.29, 0.717) is 0 Å². The van der Waals surface area contributed by atoms with Crippen molar-refractivity contribution in [1.82, 2.24) is 4.98 Å². The Morgan fingerprint density at radius 1 is 1.46 bits per heavy atom. The van der Waals surface area contributed by atoms with Crippen molar-refractivity contribution in [1.29, 1.82) is 0 Å². The standard InChI is InChI=1S/C8H8F3NO/c1-5(13)7-6(8(9,10)11)3-2-4-12-7/h2-5,13H,1H3/t5-/m0/s1. The Labute approximate surface area is 73.0 Å². The molecule has 72 valence electrons. The van der Waals surface area contributed by atoms with Gasteiger partial charge in [0.2, 0.25) is 0 Å². The maximum atomic E-state index is 12.3. The van der Waals surface area contributed by atoms with Crippen molar-refractivity contribution in [3.8, 4) is 0 Å². The van der Waals surface area contributed by atoms with E-state index in [4.69, 9.17) is 5.11 Å². The van der Waals surface area contributed by atoms with Gasteiger partial charge in [0, 0.05) is 6.20 Å². The summed E-state index contributed by atoms with van der Waals surface area (Å²) < 4.78 is 36.8. The fourth-order valence-electron chi connectivity index (χ4n) is 0.990. The molecule has 0 fully saturated rings. The van der Waals surface area contributed by atoms with Crippen LogP contribution in [0.4, 0.5) is 13.2 Å². The Bertz CT molecular complexity index is 296. The van der Waals surface area contributed by atoms with Gasteiger partial charge in [0.05, 0.1) is 17.4 Å². The Kier molecular flexibility index (Phi) is 2.56. The summed E-state index contributed by atoms with van der Waals surface area (Å²) in [5, 5.41) is 9.01. The summed E-state index contributed by atoms with van der Waals surface area (Å²) >= 11 is 0. The van der Waals surface area contributed by atoms with Crippen LogP contribution in [0.1, 0.15) is 24.3 Å². The van der Waals surface area contributed by atoms with E-state index in [1.165, 1.54) is 19.2 Å². The van der Waals surface area contributed by atoms with Gasteiger partial charge in [0.15, 0.2) is 0 Å². The number of aliphatic hydroxyl groups excluding tert-OH is 1. The summed E-state index contributed by atoms with van der Waals surface area (Å²) in [6.07, 6.45) is -4.45. The lowest BCUT2D eigenvalue weighted by molar-refractivity contribution is -0.139. The van der Waals surface area contributed by atoms with Gasteiger partial charge in [-0.05, 0) is 19.1 Å². The molecule has 0 amide bonds. The molecule has 1 aromatic rings. The number of alkyl halides is 3. The molecule has 1 heterocycles. The molecule has 1 N–H and O–H groups in total. The van der Waals surface area contributed by atoms with Crippen molar-refractivity contribution in [3.63, 3.8) is 0 Å². The van der Waals surface area contributed by atoms with Gasteiger partial charge >= 0.3 is 6.18 Å². The predicted molar refractivity (Wildman–Crippen MR) is 39.9 cm³/mol. The molecule has 1 rings (SSSR count). The summed E-state index contributed by atoms with van der Waals surface area (Å²) in [6, 6.07) is 2.09. The van der Waals surface area contributed by atoms with Crippen LogP contribution in [0.15, 0.2) is 18.3 Å². The van der Waals surface area contributed by atoms with Crippen LogP contribution in [0, 0.1) is 0 Å². The zero-order valence-electron chi connectivity index (χ0n) is 6.84. The lowest BCUT2D eigenvalue weighted by Crippen LogP contribution is -2.12. The molecule has 1 aromatic heterocycles. The van der Waals surface area contributed by atoms with Gasteiger partial charge in [-0.25, -0.2) is 0 Å². The van der Waals surface area contributed by atoms with Gasteiger partial charge in [0.1, 0.15) is 0 Å². The zero-order valence-corrected chi connectivity index (χ0v) is 6.84. The highest BCUT2D eigenvalue weighted by molar-refractivity contribution is 5.24. The predicted octanol–water partition coefficient (Wildman–Crippen LogP) is 2.15. The molecular weight excluding hydrogens is 183 g/mol. The molecule has 0 saturated carbocycles. The lowest BCUT2D eigenvalue weighted by atomic mass is 10.1. The SMILES string of the molecule is C[C@H](O)c1ncccc1C(F)(F)F. The van der Waals surface area contributed by atoms with Crippen LogP contribution in [-0.2, 0) is 6.18 Å². The van der Waals surface area contributed by atoms with Gasteiger partial charge in [0.25, 0.3) is 0 Å². The van der Waals surface area contributed by atoms with Crippen LogP contribution in [0.25, 0.3) is 0 Å². The van der Waals surface area contributed by atoms with Crippen LogP contribution in [-0.4, -0.2) is 10.1 Å². The highest BCUT2D eigenvalue weighted by Crippen LogP contribution is 2.32. The minimum atomic E-state index is -4.46. The largest absolute Gasteiger partial charge is 0.418 e. The van der Waals surface area contributed by atoms with Gasteiger partial charge in [-0.15, -0.1) is 0 Å². The molecule has 2 nitrogen and oxygen atoms in total. The van der Waals surface area contributed by atoms with Crippen LogP contribution in [0.5, 0.6) is 0 Å². The first kappa shape index (κ1) is 9.98. The molecule has 0 unspecified atom stereocenters. The number of aliphatic hydroxyl groups is 1. The highest BCUT2D eigenvalue weighted by atomic mass is 19.4. The van der Waals surface area contributed by atoms with E-state index in [1.54, 1.807) is 0 Å². The molecule has 0 spiro atoms. The van der Waals surface area contributed by atoms with Gasteiger partial charge in [-0.1, -0.05) is 0 Å². The molecule has 0 aliphatic carbocycles. The summed E-state index contributed by atoms with van der Waals surface area (Å²) in [5.41, 5.74) is -1.22. The third kappa shape index (κ3) is 2.18. The lowest BCUT2D eigenvalue weighted by Gasteiger charge is -2.12. The van der Waals surface area contributed by atoms with E-state index < -0.39 is 17.8 Å². The quantitative estimate of drug-likeness (QED) is 0.737. The molecule has 0 radical (unpaired) electrons. The minimum Gasteiger partial charge on any atom is -0.387 e. The van der Waals surface area contributed by atoms with E-state index in [-0.39, 0.29) is 5.69 Å². The van der Waals surface area contributed by atoms with Crippen molar-refractivity contribution in [2.24, 2.45) is 0 Å². The number of pyridine rings is 1. The number of nitrogens with zero attached hydrogens (tertiary/aromatic N) is 1. The smallest absolute Gasteiger partial charge is 0.387 e. The Morgan fingerprint density at radius 2 is 2.08 bits per heavy atom. The van der Waals surface area contributed by atoms with E-state index in [1.807, 2.05) is 0 Å². The van der Waals surface area contributed by atoms with Crippen molar-refractivity contribution in [3.05, 3.63) is 29.6 Å². The molecule has 13 heavy (non-hydrogen) atoms. The number of halogens is 3. The van der Waals surface area contributed by atoms with Gasteiger partial charge in [-0.2, -0.15) is 13.2 Å². The van der Waals surface area contributed by atoms with E-state index >= 15 is 0 Å². The third-order valence-corrected chi connectivity index (χ3v) is 1.54. The number of rotatable bonds is 1. The fraction of sp³-hybridized carbons (Fsp3) is 0.375. The third-order valence-electron chi connectivity index (χ3n) is 1.54. The topological polar surface area (TPSA) is 33.1 Å². The minimum absolute atomic E-state index is 0.338. The van der Waals surface area contributed by atoms with Crippen LogP contribution < -0.4 is 0 Å². The maximum Gasteiger partial charge on any atom is 0.418 e. The second kappa shape index (κ2) is 3.33. The van der Waals surface area contributed by atoms with Gasteiger partial charge in [-0.3, -0.25) is 4.98 Å². The molecule has 0 aliphatic heterocycles. The molecule has 0 aliphatic rings. The van der Waals surface area contributed by atoms with Crippen molar-refractivity contribution < 1.29 is 18.3 Å². The normalized spacial score (nSPS) is 14.2. The molecule has 0 bridgehead atoms. The van der Waals surface area contributed by atoms with Crippen molar-refractivity contribution >= 4 is 0 Å². The van der Waals surface area contributed by atoms with Gasteiger partial charge < -0.3 is 5.11 Å². The second-order valence-electron chi connectivity index (χ2n) is 2.61. The van der Waals surface area contributed by atoms with Crippen LogP contribution >= 0.6 is 0 Å². The van der Waals surface area contributed by atoms with Crippen molar-refractivity contribution in [2.45, 2.75) is 19.2 Å². The Morgan fingerprint density at radius 3 is 2.46 bits per heavy atom. The first-order valence-corrected chi connectivity index (χ1v) is 3.63. The zero-order chi connectivity index (χ0) is 10.1. The monoisotopic (exact) mass is 191 g/mol. The van der Waals surface area contributed by atoms with E-state index in [0.717, 1.165) is 6.07 Å². The maximum absolute atomic E-state index is 12.3. The molecule has 1 atom stereocenters. The number of aromatic nitrogens is 1. The summed E-state index contributed by atoms with van der Waals surface area (Å²) in [4.78, 5) is 3.47. The number of hydrogen-bond donors (Lipinski definition) is 1. The Hall–Kier alpha value is -1.10. The second-order valence-corrected chi connectivity index (χ2v) is 2.61. The summed E-state index contributed by atoms with van der Waals surface area (Å²) in [6.45, 7) is 1.25. The highest BCUT2D eigenvalue weighted by Gasteiger charge is 2.34. The van der Waals surface area contributed by atoms with Crippen LogP contribution in [0.3, 0.4) is 0 Å². The van der Waals surface area contributed by atoms with E-state index in [2.05, 4.69) is 4.98 Å². The fourth-order valence-corrected chi connectivity index (χ4v) is 0.990. The molecule has 5 heteroatoms. The number of hydrogen-bond acceptors (Lipinski definition) is 2.